The fraction of sp³-hybridized carbons (Fsp3) is 0.462. The summed E-state index contributed by atoms with van der Waals surface area (Å²) in [7, 11) is 0. The largest absolute Gasteiger partial charge is 0.492 e. The number of benzene rings is 1. The van der Waals surface area contributed by atoms with Gasteiger partial charge in [0.1, 0.15) is 5.75 Å². The van der Waals surface area contributed by atoms with Crippen molar-refractivity contribution in [1.82, 2.24) is 0 Å². The van der Waals surface area contributed by atoms with Crippen LogP contribution in [0.5, 0.6) is 5.75 Å². The molecule has 0 fully saturated rings. The van der Waals surface area contributed by atoms with Gasteiger partial charge in [-0.25, -0.2) is 0 Å². The van der Waals surface area contributed by atoms with E-state index in [4.69, 9.17) is 4.74 Å². The Bertz CT molecular complexity index is 405. The number of ether oxygens (including phenoxy) is 1. The monoisotopic (exact) mass is 204 g/mol. The first-order chi connectivity index (χ1) is 7.04. The minimum Gasteiger partial charge on any atom is -0.492 e. The molecular formula is C13H16O2. The molecule has 0 amide bonds. The molecule has 0 atom stereocenters. The van der Waals surface area contributed by atoms with Crippen molar-refractivity contribution in [1.29, 1.82) is 0 Å². The van der Waals surface area contributed by atoms with E-state index in [2.05, 4.69) is 13.8 Å². The first kappa shape index (κ1) is 10.2. The third kappa shape index (κ3) is 1.65. The van der Waals surface area contributed by atoms with Crippen molar-refractivity contribution in [3.63, 3.8) is 0 Å². The zero-order valence-corrected chi connectivity index (χ0v) is 9.46. The second-order valence-corrected chi connectivity index (χ2v) is 4.66. The molecule has 1 aliphatic heterocycles. The minimum absolute atomic E-state index is 0.0271. The van der Waals surface area contributed by atoms with E-state index in [1.165, 1.54) is 0 Å². The molecule has 80 valence electrons. The SMILES string of the molecule is CCC(=O)c1ccc2c(c1)C(C)(C)CO2. The highest BCUT2D eigenvalue weighted by atomic mass is 16.5. The molecule has 0 spiro atoms. The van der Waals surface area contributed by atoms with Gasteiger partial charge in [0, 0.05) is 23.0 Å². The van der Waals surface area contributed by atoms with Crippen LogP contribution in [0.4, 0.5) is 0 Å². The zero-order valence-electron chi connectivity index (χ0n) is 9.46. The Kier molecular flexibility index (Phi) is 2.29. The average Bonchev–Trinajstić information content (AvgIpc) is 2.53. The standard InChI is InChI=1S/C13H16O2/c1-4-11(14)9-5-6-12-10(7-9)13(2,3)8-15-12/h5-7H,4,8H2,1-3H3. The number of hydrogen-bond acceptors (Lipinski definition) is 2. The molecule has 2 heteroatoms. The Morgan fingerprint density at radius 1 is 1.47 bits per heavy atom. The molecule has 0 bridgehead atoms. The van der Waals surface area contributed by atoms with Gasteiger partial charge in [0.05, 0.1) is 6.61 Å². The normalized spacial score (nSPS) is 17.0. The van der Waals surface area contributed by atoms with Crippen molar-refractivity contribution >= 4 is 5.78 Å². The van der Waals surface area contributed by atoms with Crippen LogP contribution in [-0.4, -0.2) is 12.4 Å². The quantitative estimate of drug-likeness (QED) is 0.692. The number of rotatable bonds is 2. The number of carbonyl (C=O) groups excluding carboxylic acids is 1. The molecule has 0 saturated carbocycles. The Labute approximate surface area is 90.3 Å². The van der Waals surface area contributed by atoms with Crippen LogP contribution >= 0.6 is 0 Å². The maximum atomic E-state index is 11.6. The number of fused-ring (bicyclic) bond motifs is 1. The summed E-state index contributed by atoms with van der Waals surface area (Å²) in [4.78, 5) is 11.6. The molecule has 1 aromatic rings. The van der Waals surface area contributed by atoms with E-state index in [0.717, 1.165) is 16.9 Å². The van der Waals surface area contributed by atoms with Gasteiger partial charge < -0.3 is 4.74 Å². The minimum atomic E-state index is 0.0271. The molecule has 0 aromatic heterocycles. The zero-order chi connectivity index (χ0) is 11.1. The Hall–Kier alpha value is -1.31. The molecule has 0 radical (unpaired) electrons. The fourth-order valence-corrected chi connectivity index (χ4v) is 1.90. The highest BCUT2D eigenvalue weighted by molar-refractivity contribution is 5.96. The van der Waals surface area contributed by atoms with Gasteiger partial charge in [-0.15, -0.1) is 0 Å². The van der Waals surface area contributed by atoms with Crippen molar-refractivity contribution in [3.05, 3.63) is 29.3 Å². The van der Waals surface area contributed by atoms with Crippen LogP contribution in [0, 0.1) is 0 Å². The van der Waals surface area contributed by atoms with Gasteiger partial charge in [0.15, 0.2) is 5.78 Å². The summed E-state index contributed by atoms with van der Waals surface area (Å²) in [6.45, 7) is 6.86. The van der Waals surface area contributed by atoms with Crippen LogP contribution in [0.2, 0.25) is 0 Å². The topological polar surface area (TPSA) is 26.3 Å². The number of Topliss-reactive ketones (excluding diaryl/α,β-unsaturated/α-hetero) is 1. The molecule has 0 aliphatic carbocycles. The summed E-state index contributed by atoms with van der Waals surface area (Å²) in [5.74, 6) is 1.12. The second kappa shape index (κ2) is 3.37. The summed E-state index contributed by atoms with van der Waals surface area (Å²) in [6.07, 6.45) is 0.556. The lowest BCUT2D eigenvalue weighted by Crippen LogP contribution is -2.18. The highest BCUT2D eigenvalue weighted by Gasteiger charge is 2.32. The van der Waals surface area contributed by atoms with E-state index >= 15 is 0 Å². The van der Waals surface area contributed by atoms with Gasteiger partial charge in [0.2, 0.25) is 0 Å². The van der Waals surface area contributed by atoms with E-state index in [1.54, 1.807) is 0 Å². The Morgan fingerprint density at radius 2 is 2.20 bits per heavy atom. The summed E-state index contributed by atoms with van der Waals surface area (Å²) >= 11 is 0. The van der Waals surface area contributed by atoms with E-state index in [-0.39, 0.29) is 11.2 Å². The molecule has 0 N–H and O–H groups in total. The lowest BCUT2D eigenvalue weighted by atomic mass is 9.85. The molecule has 1 aromatic carbocycles. The molecule has 2 rings (SSSR count). The van der Waals surface area contributed by atoms with Crippen LogP contribution in [0.3, 0.4) is 0 Å². The van der Waals surface area contributed by atoms with E-state index in [9.17, 15) is 4.79 Å². The molecular weight excluding hydrogens is 188 g/mol. The van der Waals surface area contributed by atoms with Crippen molar-refractivity contribution < 1.29 is 9.53 Å². The number of carbonyl (C=O) groups is 1. The molecule has 1 heterocycles. The summed E-state index contributed by atoms with van der Waals surface area (Å²) < 4.78 is 5.57. The third-order valence-corrected chi connectivity index (χ3v) is 2.94. The summed E-state index contributed by atoms with van der Waals surface area (Å²) in [5.41, 5.74) is 1.98. The highest BCUT2D eigenvalue weighted by Crippen LogP contribution is 2.38. The Balaban J connectivity index is 2.46. The van der Waals surface area contributed by atoms with Gasteiger partial charge in [-0.05, 0) is 18.2 Å². The number of ketones is 1. The summed E-state index contributed by atoms with van der Waals surface area (Å²) in [6, 6.07) is 5.74. The fourth-order valence-electron chi connectivity index (χ4n) is 1.90. The first-order valence-electron chi connectivity index (χ1n) is 5.35. The maximum absolute atomic E-state index is 11.6. The lowest BCUT2D eigenvalue weighted by Gasteiger charge is -2.15. The van der Waals surface area contributed by atoms with Crippen LogP contribution in [0.15, 0.2) is 18.2 Å². The van der Waals surface area contributed by atoms with Crippen molar-refractivity contribution in [2.75, 3.05) is 6.61 Å². The van der Waals surface area contributed by atoms with Crippen molar-refractivity contribution in [2.24, 2.45) is 0 Å². The predicted molar refractivity (Wildman–Crippen MR) is 59.6 cm³/mol. The molecule has 2 nitrogen and oxygen atoms in total. The molecule has 15 heavy (non-hydrogen) atoms. The van der Waals surface area contributed by atoms with Gasteiger partial charge in [-0.1, -0.05) is 20.8 Å². The first-order valence-corrected chi connectivity index (χ1v) is 5.35. The van der Waals surface area contributed by atoms with Crippen LogP contribution in [0.25, 0.3) is 0 Å². The van der Waals surface area contributed by atoms with Crippen molar-refractivity contribution in [3.8, 4) is 5.75 Å². The van der Waals surface area contributed by atoms with Gasteiger partial charge in [-0.3, -0.25) is 4.79 Å². The van der Waals surface area contributed by atoms with E-state index < -0.39 is 0 Å². The summed E-state index contributed by atoms with van der Waals surface area (Å²) in [5, 5.41) is 0. The lowest BCUT2D eigenvalue weighted by molar-refractivity contribution is 0.0988. The maximum Gasteiger partial charge on any atom is 0.162 e. The van der Waals surface area contributed by atoms with E-state index in [0.29, 0.717) is 13.0 Å². The van der Waals surface area contributed by atoms with Crippen LogP contribution < -0.4 is 4.74 Å². The number of hydrogen-bond donors (Lipinski definition) is 0. The third-order valence-electron chi connectivity index (χ3n) is 2.94. The van der Waals surface area contributed by atoms with Gasteiger partial charge in [0.25, 0.3) is 0 Å². The van der Waals surface area contributed by atoms with Gasteiger partial charge in [-0.2, -0.15) is 0 Å². The van der Waals surface area contributed by atoms with Gasteiger partial charge >= 0.3 is 0 Å². The van der Waals surface area contributed by atoms with Crippen LogP contribution in [-0.2, 0) is 5.41 Å². The second-order valence-electron chi connectivity index (χ2n) is 4.66. The molecule has 1 aliphatic rings. The average molecular weight is 204 g/mol. The molecule has 0 saturated heterocycles. The smallest absolute Gasteiger partial charge is 0.162 e. The Morgan fingerprint density at radius 3 is 2.87 bits per heavy atom. The van der Waals surface area contributed by atoms with E-state index in [1.807, 2.05) is 25.1 Å². The molecule has 0 unspecified atom stereocenters. The van der Waals surface area contributed by atoms with Crippen LogP contribution in [0.1, 0.15) is 43.1 Å². The predicted octanol–water partition coefficient (Wildman–Crippen LogP) is 2.95. The van der Waals surface area contributed by atoms with Crippen molar-refractivity contribution in [2.45, 2.75) is 32.6 Å².